The minimum absolute atomic E-state index is 0.208. The molecule has 0 saturated carbocycles. The van der Waals surface area contributed by atoms with E-state index in [0.717, 1.165) is 0 Å². The zero-order valence-electron chi connectivity index (χ0n) is 9.34. The Labute approximate surface area is 104 Å². The molecule has 2 aromatic heterocycles. The lowest BCUT2D eigenvalue weighted by Crippen LogP contribution is -2.28. The first kappa shape index (κ1) is 12.0. The van der Waals surface area contributed by atoms with E-state index >= 15 is 0 Å². The van der Waals surface area contributed by atoms with Crippen molar-refractivity contribution in [1.82, 2.24) is 4.98 Å². The number of halogens is 1. The second kappa shape index (κ2) is 5.21. The zero-order valence-corrected chi connectivity index (χ0v) is 10.1. The van der Waals surface area contributed by atoms with E-state index in [9.17, 15) is 0 Å². The van der Waals surface area contributed by atoms with Gasteiger partial charge in [0.15, 0.2) is 6.10 Å². The van der Waals surface area contributed by atoms with Crippen molar-refractivity contribution in [3.8, 4) is 5.75 Å². The van der Waals surface area contributed by atoms with E-state index < -0.39 is 0 Å². The Morgan fingerprint density at radius 3 is 2.88 bits per heavy atom. The zero-order chi connectivity index (χ0) is 12.3. The summed E-state index contributed by atoms with van der Waals surface area (Å²) < 4.78 is 11.0. The highest BCUT2D eigenvalue weighted by molar-refractivity contribution is 6.30. The van der Waals surface area contributed by atoms with Crippen LogP contribution < -0.4 is 10.5 Å². The van der Waals surface area contributed by atoms with Gasteiger partial charge in [0.05, 0.1) is 17.5 Å². The number of nitrogens with zero attached hydrogens (tertiary/aromatic N) is 1. The van der Waals surface area contributed by atoms with Crippen molar-refractivity contribution < 1.29 is 9.15 Å². The molecule has 0 amide bonds. The van der Waals surface area contributed by atoms with Crippen molar-refractivity contribution in [1.29, 1.82) is 0 Å². The Hall–Kier alpha value is -1.52. The summed E-state index contributed by atoms with van der Waals surface area (Å²) in [4.78, 5) is 3.95. The second-order valence-corrected chi connectivity index (χ2v) is 4.19. The van der Waals surface area contributed by atoms with Gasteiger partial charge >= 0.3 is 0 Å². The van der Waals surface area contributed by atoms with Gasteiger partial charge in [0, 0.05) is 18.3 Å². The standard InChI is InChI=1S/C12H13ClN2O2/c1-8(14)12(11-3-2-4-16-11)17-10-5-9(13)6-15-7-10/h2-8,12H,14H2,1H3. The Morgan fingerprint density at radius 1 is 1.47 bits per heavy atom. The molecule has 0 bridgehead atoms. The average Bonchev–Trinajstić information content (AvgIpc) is 2.78. The SMILES string of the molecule is CC(N)C(Oc1cncc(Cl)c1)c1ccco1. The summed E-state index contributed by atoms with van der Waals surface area (Å²) >= 11 is 5.84. The molecule has 0 radical (unpaired) electrons. The fraction of sp³-hybridized carbons (Fsp3) is 0.250. The van der Waals surface area contributed by atoms with E-state index in [4.69, 9.17) is 26.5 Å². The predicted molar refractivity (Wildman–Crippen MR) is 65.0 cm³/mol. The van der Waals surface area contributed by atoms with Crippen molar-refractivity contribution in [2.24, 2.45) is 5.73 Å². The van der Waals surface area contributed by atoms with Gasteiger partial charge in [0.1, 0.15) is 11.5 Å². The largest absolute Gasteiger partial charge is 0.479 e. The summed E-state index contributed by atoms with van der Waals surface area (Å²) in [7, 11) is 0. The van der Waals surface area contributed by atoms with Gasteiger partial charge in [-0.05, 0) is 19.1 Å². The van der Waals surface area contributed by atoms with Crippen molar-refractivity contribution in [3.05, 3.63) is 47.6 Å². The molecule has 0 aliphatic carbocycles. The number of rotatable bonds is 4. The van der Waals surface area contributed by atoms with Gasteiger partial charge in [-0.1, -0.05) is 11.6 Å². The molecule has 2 rings (SSSR count). The number of hydrogen-bond donors (Lipinski definition) is 1. The minimum atomic E-state index is -0.356. The molecule has 0 fully saturated rings. The Morgan fingerprint density at radius 2 is 2.29 bits per heavy atom. The molecule has 2 unspecified atom stereocenters. The van der Waals surface area contributed by atoms with E-state index in [1.807, 2.05) is 13.0 Å². The molecule has 2 heterocycles. The Kier molecular flexibility index (Phi) is 3.66. The third-order valence-electron chi connectivity index (χ3n) is 2.24. The monoisotopic (exact) mass is 252 g/mol. The van der Waals surface area contributed by atoms with Gasteiger partial charge in [-0.2, -0.15) is 0 Å². The van der Waals surface area contributed by atoms with Crippen molar-refractivity contribution in [3.63, 3.8) is 0 Å². The van der Waals surface area contributed by atoms with Crippen LogP contribution in [0, 0.1) is 0 Å². The van der Waals surface area contributed by atoms with Crippen LogP contribution in [0.4, 0.5) is 0 Å². The van der Waals surface area contributed by atoms with E-state index in [-0.39, 0.29) is 12.1 Å². The third-order valence-corrected chi connectivity index (χ3v) is 2.45. The molecule has 0 aliphatic heterocycles. The normalized spacial score (nSPS) is 14.3. The van der Waals surface area contributed by atoms with Crippen LogP contribution in [-0.4, -0.2) is 11.0 Å². The molecule has 90 valence electrons. The molecule has 0 aromatic carbocycles. The van der Waals surface area contributed by atoms with Crippen LogP contribution in [0.2, 0.25) is 5.02 Å². The average molecular weight is 253 g/mol. The van der Waals surface area contributed by atoms with Crippen LogP contribution in [0.3, 0.4) is 0 Å². The summed E-state index contributed by atoms with van der Waals surface area (Å²) in [5, 5.41) is 0.519. The highest BCUT2D eigenvalue weighted by Gasteiger charge is 2.21. The lowest BCUT2D eigenvalue weighted by molar-refractivity contribution is 0.152. The van der Waals surface area contributed by atoms with Gasteiger partial charge in [-0.3, -0.25) is 4.98 Å². The maximum atomic E-state index is 5.88. The number of nitrogens with two attached hydrogens (primary N) is 1. The van der Waals surface area contributed by atoms with Crippen LogP contribution in [0.5, 0.6) is 5.75 Å². The first-order chi connectivity index (χ1) is 8.16. The topological polar surface area (TPSA) is 61.3 Å². The summed E-state index contributed by atoms with van der Waals surface area (Å²) in [6.07, 6.45) is 4.36. The first-order valence-corrected chi connectivity index (χ1v) is 5.61. The molecule has 0 saturated heterocycles. The van der Waals surface area contributed by atoms with Gasteiger partial charge in [0.25, 0.3) is 0 Å². The molecule has 2 N–H and O–H groups in total. The molecule has 5 heteroatoms. The summed E-state index contributed by atoms with van der Waals surface area (Å²) in [5.41, 5.74) is 5.88. The van der Waals surface area contributed by atoms with Crippen molar-refractivity contribution in [2.45, 2.75) is 19.1 Å². The fourth-order valence-corrected chi connectivity index (χ4v) is 1.64. The quantitative estimate of drug-likeness (QED) is 0.909. The number of aromatic nitrogens is 1. The van der Waals surface area contributed by atoms with Crippen molar-refractivity contribution >= 4 is 11.6 Å². The molecule has 2 aromatic rings. The minimum Gasteiger partial charge on any atom is -0.479 e. The molecule has 17 heavy (non-hydrogen) atoms. The summed E-state index contributed by atoms with van der Waals surface area (Å²) in [5.74, 6) is 1.25. The first-order valence-electron chi connectivity index (χ1n) is 5.23. The van der Waals surface area contributed by atoms with Gasteiger partial charge < -0.3 is 14.9 Å². The van der Waals surface area contributed by atoms with Gasteiger partial charge in [0.2, 0.25) is 0 Å². The number of pyridine rings is 1. The van der Waals surface area contributed by atoms with E-state index in [1.54, 1.807) is 30.8 Å². The molecule has 2 atom stereocenters. The van der Waals surface area contributed by atoms with E-state index in [0.29, 0.717) is 16.5 Å². The molecular formula is C12H13ClN2O2. The lowest BCUT2D eigenvalue weighted by atomic mass is 10.1. The maximum absolute atomic E-state index is 5.88. The van der Waals surface area contributed by atoms with Crippen LogP contribution in [0.25, 0.3) is 0 Å². The van der Waals surface area contributed by atoms with Crippen LogP contribution in [-0.2, 0) is 0 Å². The van der Waals surface area contributed by atoms with Gasteiger partial charge in [-0.15, -0.1) is 0 Å². The van der Waals surface area contributed by atoms with E-state index in [2.05, 4.69) is 4.98 Å². The second-order valence-electron chi connectivity index (χ2n) is 3.75. The summed E-state index contributed by atoms with van der Waals surface area (Å²) in [6.45, 7) is 1.85. The molecule has 4 nitrogen and oxygen atoms in total. The third kappa shape index (κ3) is 2.99. The van der Waals surface area contributed by atoms with Crippen LogP contribution in [0.1, 0.15) is 18.8 Å². The molecule has 0 spiro atoms. The number of ether oxygens (including phenoxy) is 1. The fourth-order valence-electron chi connectivity index (χ4n) is 1.48. The predicted octanol–water partition coefficient (Wildman–Crippen LogP) is 2.80. The summed E-state index contributed by atoms with van der Waals surface area (Å²) in [6, 6.07) is 5.10. The number of furan rings is 1. The van der Waals surface area contributed by atoms with Crippen LogP contribution in [0.15, 0.2) is 41.3 Å². The highest BCUT2D eigenvalue weighted by atomic mass is 35.5. The number of hydrogen-bond acceptors (Lipinski definition) is 4. The van der Waals surface area contributed by atoms with Crippen molar-refractivity contribution in [2.75, 3.05) is 0 Å². The Bertz CT molecular complexity index is 471. The lowest BCUT2D eigenvalue weighted by Gasteiger charge is -2.20. The highest BCUT2D eigenvalue weighted by Crippen LogP contribution is 2.25. The van der Waals surface area contributed by atoms with E-state index in [1.165, 1.54) is 0 Å². The van der Waals surface area contributed by atoms with Crippen LogP contribution >= 0.6 is 11.6 Å². The molecule has 0 aliphatic rings. The Balaban J connectivity index is 2.19. The maximum Gasteiger partial charge on any atom is 0.171 e. The van der Waals surface area contributed by atoms with Gasteiger partial charge in [-0.25, -0.2) is 0 Å². The molecular weight excluding hydrogens is 240 g/mol. The smallest absolute Gasteiger partial charge is 0.171 e.